The third kappa shape index (κ3) is 2.50. The minimum absolute atomic E-state index is 0.233. The molecule has 5 nitrogen and oxygen atoms in total. The summed E-state index contributed by atoms with van der Waals surface area (Å²) in [6, 6.07) is 5.40. The van der Waals surface area contributed by atoms with E-state index in [9.17, 15) is 4.79 Å². The van der Waals surface area contributed by atoms with Gasteiger partial charge in [0.2, 0.25) is 0 Å². The molecule has 0 aliphatic carbocycles. The Labute approximate surface area is 99.3 Å². The molecule has 17 heavy (non-hydrogen) atoms. The number of carbonyl (C=O) groups excluding carboxylic acids is 1. The summed E-state index contributed by atoms with van der Waals surface area (Å²) in [5, 5.41) is 9.42. The maximum Gasteiger partial charge on any atom is 0.276 e. The van der Waals surface area contributed by atoms with Crippen LogP contribution in [0.15, 0.2) is 18.2 Å². The van der Waals surface area contributed by atoms with Crippen LogP contribution in [-0.4, -0.2) is 21.1 Å². The van der Waals surface area contributed by atoms with Gasteiger partial charge in [-0.15, -0.1) is 0 Å². The summed E-state index contributed by atoms with van der Waals surface area (Å²) in [7, 11) is 0. The number of nitrogens with one attached hydrogen (secondary N) is 2. The number of anilines is 1. The molecule has 2 N–H and O–H groups in total. The van der Waals surface area contributed by atoms with E-state index >= 15 is 0 Å². The molecular weight excluding hydrogens is 216 g/mol. The average Bonchev–Trinajstić information content (AvgIpc) is 2.69. The Hall–Kier alpha value is -2.17. The van der Waals surface area contributed by atoms with Crippen molar-refractivity contribution in [3.63, 3.8) is 0 Å². The molecule has 2 rings (SSSR count). The van der Waals surface area contributed by atoms with Gasteiger partial charge in [0.15, 0.2) is 5.69 Å². The lowest BCUT2D eigenvalue weighted by Crippen LogP contribution is -2.13. The summed E-state index contributed by atoms with van der Waals surface area (Å²) in [4.78, 5) is 16.1. The Morgan fingerprint density at radius 1 is 1.29 bits per heavy atom. The summed E-state index contributed by atoms with van der Waals surface area (Å²) in [6.45, 7) is 5.62. The second-order valence-electron chi connectivity index (χ2n) is 3.98. The zero-order valence-electron chi connectivity index (χ0n) is 10.0. The molecule has 1 amide bonds. The summed E-state index contributed by atoms with van der Waals surface area (Å²) in [5.74, 6) is -0.233. The first-order chi connectivity index (χ1) is 8.06. The lowest BCUT2D eigenvalue weighted by molar-refractivity contribution is 0.102. The van der Waals surface area contributed by atoms with Crippen molar-refractivity contribution in [2.45, 2.75) is 20.8 Å². The highest BCUT2D eigenvalue weighted by Crippen LogP contribution is 2.13. The van der Waals surface area contributed by atoms with Crippen molar-refractivity contribution < 1.29 is 4.79 Å². The van der Waals surface area contributed by atoms with Crippen LogP contribution in [0.2, 0.25) is 0 Å². The van der Waals surface area contributed by atoms with E-state index in [1.165, 1.54) is 0 Å². The summed E-state index contributed by atoms with van der Waals surface area (Å²) >= 11 is 0. The van der Waals surface area contributed by atoms with E-state index in [2.05, 4.69) is 20.5 Å². The van der Waals surface area contributed by atoms with Crippen LogP contribution < -0.4 is 5.32 Å². The van der Waals surface area contributed by atoms with Gasteiger partial charge in [0.05, 0.1) is 11.4 Å². The maximum absolute atomic E-state index is 11.8. The molecule has 0 bridgehead atoms. The van der Waals surface area contributed by atoms with Crippen LogP contribution in [0.4, 0.5) is 5.69 Å². The summed E-state index contributed by atoms with van der Waals surface area (Å²) < 4.78 is 0. The smallest absolute Gasteiger partial charge is 0.276 e. The van der Waals surface area contributed by atoms with E-state index in [0.29, 0.717) is 11.4 Å². The molecule has 88 valence electrons. The molecule has 2 aromatic heterocycles. The van der Waals surface area contributed by atoms with E-state index in [1.807, 2.05) is 32.9 Å². The van der Waals surface area contributed by atoms with Crippen LogP contribution in [0, 0.1) is 20.8 Å². The van der Waals surface area contributed by atoms with Crippen molar-refractivity contribution in [2.24, 2.45) is 0 Å². The molecule has 5 heteroatoms. The van der Waals surface area contributed by atoms with Crippen LogP contribution in [-0.2, 0) is 0 Å². The second-order valence-corrected chi connectivity index (χ2v) is 3.98. The molecule has 0 saturated carbocycles. The molecule has 0 aliphatic heterocycles. The SMILES string of the molecule is Cc1ccc(NC(=O)c2cc(C)[nH]n2)c(C)n1. The third-order valence-corrected chi connectivity index (χ3v) is 2.41. The van der Waals surface area contributed by atoms with Crippen LogP contribution in [0.25, 0.3) is 0 Å². The van der Waals surface area contributed by atoms with Crippen molar-refractivity contribution in [1.29, 1.82) is 0 Å². The van der Waals surface area contributed by atoms with Gasteiger partial charge >= 0.3 is 0 Å². The van der Waals surface area contributed by atoms with Gasteiger partial charge < -0.3 is 5.32 Å². The van der Waals surface area contributed by atoms with Gasteiger partial charge in [-0.1, -0.05) is 0 Å². The predicted octanol–water partition coefficient (Wildman–Crippen LogP) is 1.98. The van der Waals surface area contributed by atoms with Gasteiger partial charge in [-0.25, -0.2) is 0 Å². The largest absolute Gasteiger partial charge is 0.319 e. The number of amides is 1. The van der Waals surface area contributed by atoms with Crippen molar-refractivity contribution in [1.82, 2.24) is 15.2 Å². The number of rotatable bonds is 2. The molecule has 2 aromatic rings. The van der Waals surface area contributed by atoms with Gasteiger partial charge in [0, 0.05) is 11.4 Å². The zero-order chi connectivity index (χ0) is 12.4. The Bertz CT molecular complexity index is 559. The zero-order valence-corrected chi connectivity index (χ0v) is 10.0. The fourth-order valence-electron chi connectivity index (χ4n) is 1.54. The Kier molecular flexibility index (Phi) is 2.91. The number of aromatic amines is 1. The Morgan fingerprint density at radius 2 is 2.06 bits per heavy atom. The number of pyridine rings is 1. The van der Waals surface area contributed by atoms with Gasteiger partial charge in [-0.3, -0.25) is 14.9 Å². The first kappa shape index (κ1) is 11.3. The molecular formula is C12H14N4O. The molecule has 0 saturated heterocycles. The van der Waals surface area contributed by atoms with Crippen LogP contribution in [0.1, 0.15) is 27.6 Å². The number of nitrogens with zero attached hydrogens (tertiary/aromatic N) is 2. The number of hydrogen-bond acceptors (Lipinski definition) is 3. The van der Waals surface area contributed by atoms with Gasteiger partial charge in [0.1, 0.15) is 0 Å². The van der Waals surface area contributed by atoms with E-state index in [1.54, 1.807) is 6.07 Å². The van der Waals surface area contributed by atoms with Crippen molar-refractivity contribution >= 4 is 11.6 Å². The molecule has 0 aromatic carbocycles. The highest BCUT2D eigenvalue weighted by atomic mass is 16.1. The Morgan fingerprint density at radius 3 is 2.65 bits per heavy atom. The Balaban J connectivity index is 2.18. The predicted molar refractivity (Wildman–Crippen MR) is 65.0 cm³/mol. The first-order valence-electron chi connectivity index (χ1n) is 5.34. The molecule has 0 atom stereocenters. The number of H-pyrrole nitrogens is 1. The highest BCUT2D eigenvalue weighted by molar-refractivity contribution is 6.03. The first-order valence-corrected chi connectivity index (χ1v) is 5.34. The standard InChI is InChI=1S/C12H14N4O/c1-7-4-5-10(9(3)13-7)14-12(17)11-6-8(2)15-16-11/h4-6H,1-3H3,(H,14,17)(H,15,16). The lowest BCUT2D eigenvalue weighted by atomic mass is 10.2. The average molecular weight is 230 g/mol. The fourth-order valence-corrected chi connectivity index (χ4v) is 1.54. The van der Waals surface area contributed by atoms with Gasteiger partial charge in [0.25, 0.3) is 5.91 Å². The minimum Gasteiger partial charge on any atom is -0.319 e. The molecule has 2 heterocycles. The molecule has 0 fully saturated rings. The monoisotopic (exact) mass is 230 g/mol. The fraction of sp³-hybridized carbons (Fsp3) is 0.250. The normalized spacial score (nSPS) is 10.3. The van der Waals surface area contributed by atoms with E-state index in [-0.39, 0.29) is 5.91 Å². The lowest BCUT2D eigenvalue weighted by Gasteiger charge is -2.06. The summed E-state index contributed by atoms with van der Waals surface area (Å²) in [6.07, 6.45) is 0. The van der Waals surface area contributed by atoms with Crippen molar-refractivity contribution in [3.8, 4) is 0 Å². The maximum atomic E-state index is 11.8. The molecule has 0 unspecified atom stereocenters. The number of aromatic nitrogens is 3. The van der Waals surface area contributed by atoms with Gasteiger partial charge in [-0.05, 0) is 39.0 Å². The highest BCUT2D eigenvalue weighted by Gasteiger charge is 2.10. The van der Waals surface area contributed by atoms with Crippen LogP contribution in [0.3, 0.4) is 0 Å². The summed E-state index contributed by atoms with van der Waals surface area (Å²) in [5.41, 5.74) is 3.67. The molecule has 0 radical (unpaired) electrons. The number of carbonyl (C=O) groups is 1. The quantitative estimate of drug-likeness (QED) is 0.828. The molecule has 0 aliphatic rings. The second kappa shape index (κ2) is 4.37. The van der Waals surface area contributed by atoms with Crippen LogP contribution in [0.5, 0.6) is 0 Å². The van der Waals surface area contributed by atoms with E-state index < -0.39 is 0 Å². The van der Waals surface area contributed by atoms with E-state index in [4.69, 9.17) is 0 Å². The number of hydrogen-bond donors (Lipinski definition) is 2. The van der Waals surface area contributed by atoms with Crippen molar-refractivity contribution in [2.75, 3.05) is 5.32 Å². The van der Waals surface area contributed by atoms with Gasteiger partial charge in [-0.2, -0.15) is 5.10 Å². The number of aryl methyl sites for hydroxylation is 3. The van der Waals surface area contributed by atoms with E-state index in [0.717, 1.165) is 17.1 Å². The minimum atomic E-state index is -0.233. The van der Waals surface area contributed by atoms with Crippen LogP contribution >= 0.6 is 0 Å². The third-order valence-electron chi connectivity index (χ3n) is 2.41. The topological polar surface area (TPSA) is 70.7 Å². The molecule has 0 spiro atoms. The van der Waals surface area contributed by atoms with Crippen molar-refractivity contribution in [3.05, 3.63) is 41.0 Å².